The molecule has 1 saturated heterocycles. The van der Waals surface area contributed by atoms with Crippen LogP contribution in [0.15, 0.2) is 59.5 Å². The Balaban J connectivity index is 1.35. The van der Waals surface area contributed by atoms with Crippen molar-refractivity contribution in [2.75, 3.05) is 19.6 Å². The second kappa shape index (κ2) is 11.5. The van der Waals surface area contributed by atoms with Crippen LogP contribution < -0.4 is 5.32 Å². The largest absolute Gasteiger partial charge is 0.504 e. The Labute approximate surface area is 229 Å². The number of benzene rings is 3. The highest BCUT2D eigenvalue weighted by atomic mass is 32.2. The summed E-state index contributed by atoms with van der Waals surface area (Å²) in [4.78, 5) is 28.5. The Kier molecular flexibility index (Phi) is 7.85. The molecule has 1 unspecified atom stereocenters. The minimum atomic E-state index is -1.28. The average Bonchev–Trinajstić information content (AvgIpc) is 2.98. The molecular weight excluding hydrogens is 518 g/mol. The Morgan fingerprint density at radius 2 is 1.54 bits per heavy atom. The van der Waals surface area contributed by atoms with Crippen LogP contribution in [0.1, 0.15) is 56.7 Å². The van der Waals surface area contributed by atoms with E-state index in [-0.39, 0.29) is 24.2 Å². The second-order valence-electron chi connectivity index (χ2n) is 9.83. The van der Waals surface area contributed by atoms with Crippen LogP contribution in [-0.2, 0) is 30.5 Å². The van der Waals surface area contributed by atoms with E-state index in [1.165, 1.54) is 4.90 Å². The molecular formula is C29H31N3O6S. The SMILES string of the molecule is O=C(NCc1ccccc1)c1cc(C(=O)N2CCc3ccc(S(=O)N4CCCCC4)cc3C2)c(O)c(O)c1O. The molecule has 2 aliphatic heterocycles. The quantitative estimate of drug-likeness (QED) is 0.349. The maximum Gasteiger partial charge on any atom is 0.258 e. The van der Waals surface area contributed by atoms with Crippen molar-refractivity contribution in [2.45, 2.75) is 43.7 Å². The lowest BCUT2D eigenvalue weighted by atomic mass is 9.98. The number of fused-ring (bicyclic) bond motifs is 1. The smallest absolute Gasteiger partial charge is 0.258 e. The topological polar surface area (TPSA) is 130 Å². The first-order valence-electron chi connectivity index (χ1n) is 13.0. The zero-order chi connectivity index (χ0) is 27.5. The van der Waals surface area contributed by atoms with E-state index in [4.69, 9.17) is 0 Å². The minimum Gasteiger partial charge on any atom is -0.504 e. The van der Waals surface area contributed by atoms with E-state index in [1.807, 2.05) is 52.8 Å². The number of rotatable bonds is 6. The monoisotopic (exact) mass is 549 g/mol. The van der Waals surface area contributed by atoms with E-state index in [1.54, 1.807) is 0 Å². The molecule has 5 rings (SSSR count). The van der Waals surface area contributed by atoms with Gasteiger partial charge in [0.15, 0.2) is 11.5 Å². The lowest BCUT2D eigenvalue weighted by Gasteiger charge is -2.30. The van der Waals surface area contributed by atoms with Gasteiger partial charge in [0.25, 0.3) is 11.8 Å². The third kappa shape index (κ3) is 5.62. The molecule has 3 aromatic carbocycles. The van der Waals surface area contributed by atoms with Gasteiger partial charge in [0, 0.05) is 32.7 Å². The lowest BCUT2D eigenvalue weighted by molar-refractivity contribution is 0.0730. The second-order valence-corrected chi connectivity index (χ2v) is 11.3. The van der Waals surface area contributed by atoms with Crippen molar-refractivity contribution in [3.05, 3.63) is 82.4 Å². The predicted molar refractivity (Wildman–Crippen MR) is 146 cm³/mol. The van der Waals surface area contributed by atoms with Gasteiger partial charge in [-0.1, -0.05) is 42.8 Å². The number of phenols is 3. The van der Waals surface area contributed by atoms with E-state index in [2.05, 4.69) is 5.32 Å². The fourth-order valence-corrected chi connectivity index (χ4v) is 6.34. The molecule has 0 bridgehead atoms. The van der Waals surface area contributed by atoms with Crippen molar-refractivity contribution in [2.24, 2.45) is 0 Å². The van der Waals surface area contributed by atoms with Crippen molar-refractivity contribution >= 4 is 22.8 Å². The summed E-state index contributed by atoms with van der Waals surface area (Å²) >= 11 is 0. The molecule has 2 amide bonds. The number of nitrogens with one attached hydrogen (secondary N) is 1. The van der Waals surface area contributed by atoms with Gasteiger partial charge in [0.2, 0.25) is 5.75 Å². The summed E-state index contributed by atoms with van der Waals surface area (Å²) in [6, 6.07) is 16.0. The van der Waals surface area contributed by atoms with Crippen LogP contribution in [0.5, 0.6) is 17.2 Å². The van der Waals surface area contributed by atoms with Gasteiger partial charge in [-0.05, 0) is 54.2 Å². The maximum absolute atomic E-state index is 13.5. The Morgan fingerprint density at radius 1 is 0.821 bits per heavy atom. The zero-order valence-electron chi connectivity index (χ0n) is 21.4. The van der Waals surface area contributed by atoms with Gasteiger partial charge >= 0.3 is 0 Å². The molecule has 4 N–H and O–H groups in total. The fraction of sp³-hybridized carbons (Fsp3) is 0.310. The highest BCUT2D eigenvalue weighted by Crippen LogP contribution is 2.41. The number of aromatic hydroxyl groups is 3. The molecule has 204 valence electrons. The van der Waals surface area contributed by atoms with Crippen LogP contribution in [0.4, 0.5) is 0 Å². The number of nitrogens with zero attached hydrogens (tertiary/aromatic N) is 2. The summed E-state index contributed by atoms with van der Waals surface area (Å²) in [5, 5.41) is 33.9. The number of amides is 2. The first-order chi connectivity index (χ1) is 18.8. The standard InChI is InChI=1S/C29H31N3O6S/c33-25-23(28(36)30-17-19-7-3-1-4-8-19)16-24(26(34)27(25)35)29(37)31-14-11-20-9-10-22(15-21(20)18-31)39(38)32-12-5-2-6-13-32/h1,3-4,7-10,15-16,33-35H,2,5-6,11-14,17-18H2,(H,30,36). The van der Waals surface area contributed by atoms with Crippen LogP contribution in [0.25, 0.3) is 0 Å². The Hall–Kier alpha value is -3.89. The van der Waals surface area contributed by atoms with Crippen LogP contribution in [0, 0.1) is 0 Å². The summed E-state index contributed by atoms with van der Waals surface area (Å²) < 4.78 is 15.1. The molecule has 1 fully saturated rings. The summed E-state index contributed by atoms with van der Waals surface area (Å²) in [5.41, 5.74) is 2.14. The molecule has 9 nitrogen and oxygen atoms in total. The van der Waals surface area contributed by atoms with E-state index in [0.29, 0.717) is 17.9 Å². The molecule has 0 saturated carbocycles. The van der Waals surface area contributed by atoms with Gasteiger partial charge in [0.05, 0.1) is 16.0 Å². The van der Waals surface area contributed by atoms with Gasteiger partial charge in [-0.2, -0.15) is 0 Å². The van der Waals surface area contributed by atoms with Crippen LogP contribution in [-0.4, -0.2) is 60.2 Å². The van der Waals surface area contributed by atoms with Crippen LogP contribution in [0.3, 0.4) is 0 Å². The summed E-state index contributed by atoms with van der Waals surface area (Å²) in [6.07, 6.45) is 3.75. The molecule has 1 atom stereocenters. The molecule has 2 aliphatic rings. The Morgan fingerprint density at radius 3 is 2.28 bits per heavy atom. The van der Waals surface area contributed by atoms with Gasteiger partial charge in [-0.3, -0.25) is 9.59 Å². The third-order valence-electron chi connectivity index (χ3n) is 7.25. The molecule has 0 radical (unpaired) electrons. The minimum absolute atomic E-state index is 0.175. The normalized spacial score (nSPS) is 16.4. The molecule has 2 heterocycles. The number of hydrogen-bond acceptors (Lipinski definition) is 6. The lowest BCUT2D eigenvalue weighted by Crippen LogP contribution is -2.36. The molecule has 0 spiro atoms. The summed E-state index contributed by atoms with van der Waals surface area (Å²) in [6.45, 7) is 2.33. The van der Waals surface area contributed by atoms with E-state index >= 15 is 0 Å². The van der Waals surface area contributed by atoms with Gasteiger partial charge in [0.1, 0.15) is 11.0 Å². The zero-order valence-corrected chi connectivity index (χ0v) is 22.2. The molecule has 0 aliphatic carbocycles. The van der Waals surface area contributed by atoms with Crippen molar-refractivity contribution in [3.8, 4) is 17.2 Å². The van der Waals surface area contributed by atoms with Crippen LogP contribution in [0.2, 0.25) is 0 Å². The van der Waals surface area contributed by atoms with Gasteiger partial charge < -0.3 is 25.5 Å². The fourth-order valence-electron chi connectivity index (χ4n) is 5.02. The highest BCUT2D eigenvalue weighted by molar-refractivity contribution is 7.82. The number of carbonyl (C=O) groups is 2. The van der Waals surface area contributed by atoms with Gasteiger partial charge in [-0.25, -0.2) is 8.51 Å². The Bertz CT molecular complexity index is 1420. The summed E-state index contributed by atoms with van der Waals surface area (Å²) in [7, 11) is -1.28. The summed E-state index contributed by atoms with van der Waals surface area (Å²) in [5.74, 6) is -3.81. The molecule has 0 aromatic heterocycles. The third-order valence-corrected chi connectivity index (χ3v) is 8.74. The van der Waals surface area contributed by atoms with E-state index in [9.17, 15) is 29.1 Å². The number of hydrogen-bond donors (Lipinski definition) is 4. The maximum atomic E-state index is 13.5. The number of phenolic OH excluding ortho intramolecular Hbond substituents is 3. The molecule has 10 heteroatoms. The highest BCUT2D eigenvalue weighted by Gasteiger charge is 2.29. The van der Waals surface area contributed by atoms with Crippen molar-refractivity contribution < 1.29 is 29.1 Å². The van der Waals surface area contributed by atoms with E-state index < -0.39 is 40.0 Å². The molecule has 3 aromatic rings. The van der Waals surface area contributed by atoms with E-state index in [0.717, 1.165) is 55.1 Å². The average molecular weight is 550 g/mol. The number of carbonyl (C=O) groups excluding carboxylic acids is 2. The number of piperidine rings is 1. The first kappa shape index (κ1) is 26.7. The van der Waals surface area contributed by atoms with Crippen molar-refractivity contribution in [1.29, 1.82) is 0 Å². The van der Waals surface area contributed by atoms with Gasteiger partial charge in [-0.15, -0.1) is 0 Å². The first-order valence-corrected chi connectivity index (χ1v) is 14.1. The van der Waals surface area contributed by atoms with Crippen molar-refractivity contribution in [1.82, 2.24) is 14.5 Å². The van der Waals surface area contributed by atoms with Crippen molar-refractivity contribution in [3.63, 3.8) is 0 Å². The molecule has 39 heavy (non-hydrogen) atoms. The predicted octanol–water partition coefficient (Wildman–Crippen LogP) is 3.44. The van der Waals surface area contributed by atoms with Crippen LogP contribution >= 0.6 is 0 Å².